The summed E-state index contributed by atoms with van der Waals surface area (Å²) in [5.41, 5.74) is 1.22. The Labute approximate surface area is 116 Å². The molecule has 0 heterocycles. The maximum atomic E-state index is 11.3. The molecule has 0 saturated carbocycles. The molecule has 0 amide bonds. The van der Waals surface area contributed by atoms with Crippen LogP contribution < -0.4 is 0 Å². The summed E-state index contributed by atoms with van der Waals surface area (Å²) in [7, 11) is 1.43. The van der Waals surface area contributed by atoms with Crippen LogP contribution in [-0.2, 0) is 16.1 Å². The molecule has 17 heavy (non-hydrogen) atoms. The third-order valence-electron chi connectivity index (χ3n) is 2.44. The van der Waals surface area contributed by atoms with Crippen LogP contribution in [0.4, 0.5) is 0 Å². The van der Waals surface area contributed by atoms with Crippen LogP contribution in [0.25, 0.3) is 0 Å². The van der Waals surface area contributed by atoms with Crippen molar-refractivity contribution in [2.45, 2.75) is 19.9 Å². The fraction of sp³-hybridized carbons (Fsp3) is 0.462. The van der Waals surface area contributed by atoms with Gasteiger partial charge in [-0.25, -0.2) is 0 Å². The summed E-state index contributed by atoms with van der Waals surface area (Å²) in [6, 6.07) is 8.36. The molecule has 94 valence electrons. The van der Waals surface area contributed by atoms with Crippen molar-refractivity contribution in [1.29, 1.82) is 0 Å². The predicted octanol–water partition coefficient (Wildman–Crippen LogP) is 2.68. The van der Waals surface area contributed by atoms with E-state index in [0.29, 0.717) is 6.54 Å². The lowest BCUT2D eigenvalue weighted by atomic mass is 10.2. The first-order valence-corrected chi connectivity index (χ1v) is 6.77. The van der Waals surface area contributed by atoms with Crippen LogP contribution >= 0.6 is 22.6 Å². The number of benzene rings is 1. The zero-order chi connectivity index (χ0) is 12.7. The first kappa shape index (κ1) is 14.4. The van der Waals surface area contributed by atoms with Crippen LogP contribution in [-0.4, -0.2) is 31.1 Å². The summed E-state index contributed by atoms with van der Waals surface area (Å²) in [6.07, 6.45) is 1.03. The molecule has 0 aromatic heterocycles. The highest BCUT2D eigenvalue weighted by molar-refractivity contribution is 14.1. The van der Waals surface area contributed by atoms with Crippen LogP contribution in [0.2, 0.25) is 0 Å². The fourth-order valence-corrected chi connectivity index (χ4v) is 1.98. The molecular formula is C13H18INO2. The van der Waals surface area contributed by atoms with Gasteiger partial charge in [-0.15, -0.1) is 0 Å². The molecule has 0 saturated heterocycles. The topological polar surface area (TPSA) is 29.5 Å². The second-order valence-corrected chi connectivity index (χ2v) is 5.16. The highest BCUT2D eigenvalue weighted by Crippen LogP contribution is 2.09. The van der Waals surface area contributed by atoms with Gasteiger partial charge in [0.1, 0.15) is 0 Å². The molecule has 0 radical (unpaired) electrons. The van der Waals surface area contributed by atoms with Gasteiger partial charge in [-0.05, 0) is 53.3 Å². The minimum absolute atomic E-state index is 0.177. The highest BCUT2D eigenvalue weighted by Gasteiger charge is 2.10. The first-order chi connectivity index (χ1) is 8.15. The molecule has 1 aromatic carbocycles. The number of esters is 1. The molecule has 0 spiro atoms. The van der Waals surface area contributed by atoms with Crippen LogP contribution in [0.5, 0.6) is 0 Å². The molecule has 0 N–H and O–H groups in total. The fourth-order valence-electron chi connectivity index (χ4n) is 1.63. The maximum Gasteiger partial charge on any atom is 0.319 e. The molecular weight excluding hydrogens is 329 g/mol. The van der Waals surface area contributed by atoms with E-state index in [9.17, 15) is 4.79 Å². The van der Waals surface area contributed by atoms with Gasteiger partial charge in [-0.2, -0.15) is 0 Å². The van der Waals surface area contributed by atoms with Gasteiger partial charge < -0.3 is 4.74 Å². The van der Waals surface area contributed by atoms with E-state index in [2.05, 4.69) is 58.7 Å². The highest BCUT2D eigenvalue weighted by atomic mass is 127. The molecule has 0 aliphatic heterocycles. The van der Waals surface area contributed by atoms with Gasteiger partial charge in [0.2, 0.25) is 0 Å². The Morgan fingerprint density at radius 2 is 2.00 bits per heavy atom. The van der Waals surface area contributed by atoms with E-state index in [0.717, 1.165) is 19.5 Å². The minimum Gasteiger partial charge on any atom is -0.468 e. The number of hydrogen-bond donors (Lipinski definition) is 0. The van der Waals surface area contributed by atoms with E-state index >= 15 is 0 Å². The molecule has 0 unspecified atom stereocenters. The third-order valence-corrected chi connectivity index (χ3v) is 3.16. The zero-order valence-corrected chi connectivity index (χ0v) is 12.4. The number of methoxy groups -OCH3 is 1. The lowest BCUT2D eigenvalue weighted by Crippen LogP contribution is -2.30. The molecule has 0 bridgehead atoms. The van der Waals surface area contributed by atoms with Crippen LogP contribution in [0.3, 0.4) is 0 Å². The lowest BCUT2D eigenvalue weighted by Gasteiger charge is -2.20. The summed E-state index contributed by atoms with van der Waals surface area (Å²) in [6.45, 7) is 4.16. The molecule has 1 aromatic rings. The molecule has 0 atom stereocenters. The molecule has 4 heteroatoms. The Hall–Kier alpha value is -0.620. The summed E-state index contributed by atoms with van der Waals surface area (Å²) < 4.78 is 5.93. The lowest BCUT2D eigenvalue weighted by molar-refractivity contribution is -0.142. The van der Waals surface area contributed by atoms with Crippen molar-refractivity contribution in [1.82, 2.24) is 4.90 Å². The van der Waals surface area contributed by atoms with Gasteiger partial charge in [0.25, 0.3) is 0 Å². The Morgan fingerprint density at radius 3 is 2.53 bits per heavy atom. The number of ether oxygens (including phenoxy) is 1. The van der Waals surface area contributed by atoms with Crippen molar-refractivity contribution in [2.24, 2.45) is 0 Å². The average Bonchev–Trinajstić information content (AvgIpc) is 2.32. The van der Waals surface area contributed by atoms with E-state index < -0.39 is 0 Å². The van der Waals surface area contributed by atoms with Crippen LogP contribution in [0.15, 0.2) is 24.3 Å². The molecule has 0 aliphatic rings. The molecule has 0 fully saturated rings. The van der Waals surface area contributed by atoms with E-state index in [-0.39, 0.29) is 5.97 Å². The van der Waals surface area contributed by atoms with Gasteiger partial charge >= 0.3 is 5.97 Å². The number of hydrogen-bond acceptors (Lipinski definition) is 3. The SMILES string of the molecule is CCCN(CC(=O)OC)Cc1ccc(I)cc1. The second-order valence-electron chi connectivity index (χ2n) is 3.91. The van der Waals surface area contributed by atoms with E-state index in [1.807, 2.05) is 0 Å². The summed E-state index contributed by atoms with van der Waals surface area (Å²) in [5.74, 6) is -0.177. The van der Waals surface area contributed by atoms with Gasteiger partial charge in [0.05, 0.1) is 13.7 Å². The monoisotopic (exact) mass is 347 g/mol. The standard InChI is InChI=1S/C13H18INO2/c1-3-8-15(10-13(16)17-2)9-11-4-6-12(14)7-5-11/h4-7H,3,8-10H2,1-2H3. The summed E-state index contributed by atoms with van der Waals surface area (Å²) >= 11 is 2.29. The Morgan fingerprint density at radius 1 is 1.35 bits per heavy atom. The maximum absolute atomic E-state index is 11.3. The average molecular weight is 347 g/mol. The van der Waals surface area contributed by atoms with E-state index in [1.54, 1.807) is 0 Å². The molecule has 0 aliphatic carbocycles. The Kier molecular flexibility index (Phi) is 6.50. The quantitative estimate of drug-likeness (QED) is 0.585. The van der Waals surface area contributed by atoms with Gasteiger partial charge in [0.15, 0.2) is 0 Å². The van der Waals surface area contributed by atoms with Gasteiger partial charge in [0, 0.05) is 10.1 Å². The first-order valence-electron chi connectivity index (χ1n) is 5.69. The normalized spacial score (nSPS) is 10.6. The van der Waals surface area contributed by atoms with Crippen molar-refractivity contribution < 1.29 is 9.53 Å². The number of halogens is 1. The van der Waals surface area contributed by atoms with E-state index in [4.69, 9.17) is 4.74 Å². The Balaban J connectivity index is 2.59. The number of carbonyl (C=O) groups is 1. The molecule has 1 rings (SSSR count). The van der Waals surface area contributed by atoms with Gasteiger partial charge in [-0.3, -0.25) is 9.69 Å². The van der Waals surface area contributed by atoms with Gasteiger partial charge in [-0.1, -0.05) is 19.1 Å². The second kappa shape index (κ2) is 7.66. The van der Waals surface area contributed by atoms with Crippen LogP contribution in [0.1, 0.15) is 18.9 Å². The Bertz CT molecular complexity index is 351. The number of nitrogens with zero attached hydrogens (tertiary/aromatic N) is 1. The van der Waals surface area contributed by atoms with Crippen molar-refractivity contribution in [3.05, 3.63) is 33.4 Å². The van der Waals surface area contributed by atoms with Crippen molar-refractivity contribution in [2.75, 3.05) is 20.2 Å². The summed E-state index contributed by atoms with van der Waals surface area (Å²) in [5, 5.41) is 0. The van der Waals surface area contributed by atoms with Crippen molar-refractivity contribution in [3.63, 3.8) is 0 Å². The largest absolute Gasteiger partial charge is 0.468 e. The predicted molar refractivity (Wildman–Crippen MR) is 76.7 cm³/mol. The number of rotatable bonds is 6. The van der Waals surface area contributed by atoms with E-state index in [1.165, 1.54) is 16.2 Å². The van der Waals surface area contributed by atoms with Crippen LogP contribution in [0, 0.1) is 3.57 Å². The van der Waals surface area contributed by atoms with Crippen molar-refractivity contribution in [3.8, 4) is 0 Å². The number of carbonyl (C=O) groups excluding carboxylic acids is 1. The summed E-state index contributed by atoms with van der Waals surface area (Å²) in [4.78, 5) is 13.4. The smallest absolute Gasteiger partial charge is 0.319 e. The zero-order valence-electron chi connectivity index (χ0n) is 10.3. The third kappa shape index (κ3) is 5.50. The van der Waals surface area contributed by atoms with Crippen molar-refractivity contribution >= 4 is 28.6 Å². The minimum atomic E-state index is -0.177. The molecule has 3 nitrogen and oxygen atoms in total.